The molecule has 0 atom stereocenters. The normalized spacial score (nSPS) is 13.3. The van der Waals surface area contributed by atoms with Gasteiger partial charge < -0.3 is 4.57 Å². The Hall–Kier alpha value is -2.33. The van der Waals surface area contributed by atoms with E-state index < -0.39 is 0 Å². The maximum Gasteiger partial charge on any atom is 0.0922 e. The standard InChI is InChI=1S/C17H15ClN4/c1-2-21-11-12(9-20-21)17-16-7-4-8-22(16)15-6-3-5-14(18)13(15)10-19-17/h3-9,11H,2,10H2,1H3. The van der Waals surface area contributed by atoms with E-state index in [-0.39, 0.29) is 0 Å². The highest BCUT2D eigenvalue weighted by Gasteiger charge is 2.20. The third-order valence-corrected chi connectivity index (χ3v) is 4.33. The number of aliphatic imine (C=N–C) groups is 1. The molecule has 3 heterocycles. The van der Waals surface area contributed by atoms with Gasteiger partial charge in [0.25, 0.3) is 0 Å². The molecule has 3 aromatic rings. The summed E-state index contributed by atoms with van der Waals surface area (Å²) < 4.78 is 4.06. The van der Waals surface area contributed by atoms with Crippen molar-refractivity contribution in [2.75, 3.05) is 0 Å². The zero-order valence-corrected chi connectivity index (χ0v) is 13.0. The fourth-order valence-electron chi connectivity index (χ4n) is 2.85. The van der Waals surface area contributed by atoms with Gasteiger partial charge in [-0.05, 0) is 31.2 Å². The lowest BCUT2D eigenvalue weighted by atomic mass is 10.1. The largest absolute Gasteiger partial charge is 0.315 e. The van der Waals surface area contributed by atoms with Gasteiger partial charge in [-0.3, -0.25) is 9.67 Å². The van der Waals surface area contributed by atoms with Crippen LogP contribution in [-0.4, -0.2) is 20.1 Å². The predicted molar refractivity (Wildman–Crippen MR) is 88.0 cm³/mol. The molecule has 0 unspecified atom stereocenters. The van der Waals surface area contributed by atoms with Gasteiger partial charge in [-0.15, -0.1) is 0 Å². The van der Waals surface area contributed by atoms with E-state index in [1.807, 2.05) is 35.3 Å². The van der Waals surface area contributed by atoms with E-state index in [0.29, 0.717) is 6.54 Å². The molecule has 0 saturated heterocycles. The first-order chi connectivity index (χ1) is 10.8. The molecule has 22 heavy (non-hydrogen) atoms. The van der Waals surface area contributed by atoms with Crippen molar-refractivity contribution in [1.29, 1.82) is 0 Å². The van der Waals surface area contributed by atoms with Crippen molar-refractivity contribution in [3.05, 3.63) is 70.8 Å². The van der Waals surface area contributed by atoms with Crippen molar-refractivity contribution >= 4 is 17.3 Å². The van der Waals surface area contributed by atoms with E-state index in [9.17, 15) is 0 Å². The molecule has 4 nitrogen and oxygen atoms in total. The number of hydrogen-bond donors (Lipinski definition) is 0. The summed E-state index contributed by atoms with van der Waals surface area (Å²) in [4.78, 5) is 4.81. The maximum absolute atomic E-state index is 6.37. The Labute approximate surface area is 133 Å². The minimum Gasteiger partial charge on any atom is -0.315 e. The number of benzene rings is 1. The van der Waals surface area contributed by atoms with Crippen molar-refractivity contribution in [2.45, 2.75) is 20.0 Å². The smallest absolute Gasteiger partial charge is 0.0922 e. The first-order valence-electron chi connectivity index (χ1n) is 7.30. The number of fused-ring (bicyclic) bond motifs is 3. The fourth-order valence-corrected chi connectivity index (χ4v) is 3.08. The van der Waals surface area contributed by atoms with Crippen molar-refractivity contribution in [1.82, 2.24) is 14.3 Å². The average Bonchev–Trinajstić information content (AvgIpc) is 3.16. The maximum atomic E-state index is 6.37. The van der Waals surface area contributed by atoms with Crippen LogP contribution in [0, 0.1) is 0 Å². The van der Waals surface area contributed by atoms with Gasteiger partial charge in [0.15, 0.2) is 0 Å². The van der Waals surface area contributed by atoms with Gasteiger partial charge in [-0.2, -0.15) is 5.10 Å². The van der Waals surface area contributed by atoms with Crippen LogP contribution < -0.4 is 0 Å². The average molecular weight is 311 g/mol. The van der Waals surface area contributed by atoms with Crippen LogP contribution in [0.2, 0.25) is 5.02 Å². The molecule has 2 aromatic heterocycles. The molecule has 4 rings (SSSR count). The third kappa shape index (κ3) is 1.99. The Morgan fingerprint density at radius 1 is 1.23 bits per heavy atom. The second-order valence-corrected chi connectivity index (χ2v) is 5.66. The van der Waals surface area contributed by atoms with E-state index in [1.165, 1.54) is 0 Å². The number of aromatic nitrogens is 3. The summed E-state index contributed by atoms with van der Waals surface area (Å²) in [6, 6.07) is 10.1. The summed E-state index contributed by atoms with van der Waals surface area (Å²) in [6.45, 7) is 3.49. The van der Waals surface area contributed by atoms with Crippen LogP contribution >= 0.6 is 11.6 Å². The lowest BCUT2D eigenvalue weighted by Crippen LogP contribution is -2.07. The molecular weight excluding hydrogens is 296 g/mol. The van der Waals surface area contributed by atoms with Crippen LogP contribution in [0.15, 0.2) is 53.9 Å². The van der Waals surface area contributed by atoms with Gasteiger partial charge in [0.05, 0.1) is 29.8 Å². The predicted octanol–water partition coefficient (Wildman–Crippen LogP) is 3.70. The quantitative estimate of drug-likeness (QED) is 0.711. The lowest BCUT2D eigenvalue weighted by molar-refractivity contribution is 0.660. The first kappa shape index (κ1) is 13.3. The Morgan fingerprint density at radius 2 is 2.14 bits per heavy atom. The van der Waals surface area contributed by atoms with E-state index >= 15 is 0 Å². The molecule has 0 amide bonds. The Morgan fingerprint density at radius 3 is 2.95 bits per heavy atom. The molecule has 1 aliphatic heterocycles. The highest BCUT2D eigenvalue weighted by Crippen LogP contribution is 2.29. The van der Waals surface area contributed by atoms with Crippen LogP contribution in [0.4, 0.5) is 0 Å². The van der Waals surface area contributed by atoms with Crippen LogP contribution in [0.25, 0.3) is 5.69 Å². The molecular formula is C17H15ClN4. The molecule has 5 heteroatoms. The summed E-state index contributed by atoms with van der Waals surface area (Å²) >= 11 is 6.37. The molecule has 0 aliphatic carbocycles. The zero-order chi connectivity index (χ0) is 15.1. The highest BCUT2D eigenvalue weighted by atomic mass is 35.5. The van der Waals surface area contributed by atoms with Crippen LogP contribution in [0.1, 0.15) is 23.7 Å². The van der Waals surface area contributed by atoms with Crippen LogP contribution in [-0.2, 0) is 13.1 Å². The summed E-state index contributed by atoms with van der Waals surface area (Å²) in [5.41, 5.74) is 5.20. The molecule has 0 radical (unpaired) electrons. The van der Waals surface area contributed by atoms with Crippen molar-refractivity contribution in [2.24, 2.45) is 4.99 Å². The highest BCUT2D eigenvalue weighted by molar-refractivity contribution is 6.31. The minimum absolute atomic E-state index is 0.573. The Balaban J connectivity index is 1.92. The summed E-state index contributed by atoms with van der Waals surface area (Å²) in [6.07, 6.45) is 5.96. The van der Waals surface area contributed by atoms with E-state index in [2.05, 4.69) is 34.9 Å². The monoisotopic (exact) mass is 310 g/mol. The molecule has 1 aliphatic rings. The Bertz CT molecular complexity index is 872. The van der Waals surface area contributed by atoms with Gasteiger partial charge in [-0.1, -0.05) is 17.7 Å². The van der Waals surface area contributed by atoms with Crippen molar-refractivity contribution in [3.8, 4) is 5.69 Å². The first-order valence-corrected chi connectivity index (χ1v) is 7.68. The zero-order valence-electron chi connectivity index (χ0n) is 12.2. The second kappa shape index (κ2) is 5.14. The van der Waals surface area contributed by atoms with Gasteiger partial charge in [-0.25, -0.2) is 0 Å². The molecule has 1 aromatic carbocycles. The van der Waals surface area contributed by atoms with Crippen LogP contribution in [0.5, 0.6) is 0 Å². The second-order valence-electron chi connectivity index (χ2n) is 5.25. The van der Waals surface area contributed by atoms with E-state index in [4.69, 9.17) is 16.6 Å². The van der Waals surface area contributed by atoms with Crippen LogP contribution in [0.3, 0.4) is 0 Å². The summed E-state index contributed by atoms with van der Waals surface area (Å²) in [5, 5.41) is 5.12. The summed E-state index contributed by atoms with van der Waals surface area (Å²) in [7, 11) is 0. The summed E-state index contributed by atoms with van der Waals surface area (Å²) in [5.74, 6) is 0. The number of hydrogen-bond acceptors (Lipinski definition) is 2. The van der Waals surface area contributed by atoms with E-state index in [1.54, 1.807) is 0 Å². The van der Waals surface area contributed by atoms with Crippen molar-refractivity contribution < 1.29 is 0 Å². The molecule has 110 valence electrons. The van der Waals surface area contributed by atoms with Gasteiger partial charge in [0.1, 0.15) is 0 Å². The minimum atomic E-state index is 0.573. The molecule has 0 bridgehead atoms. The number of rotatable bonds is 2. The van der Waals surface area contributed by atoms with E-state index in [0.717, 1.165) is 39.8 Å². The molecule has 0 saturated carbocycles. The van der Waals surface area contributed by atoms with Gasteiger partial charge in [0.2, 0.25) is 0 Å². The molecule has 0 N–H and O–H groups in total. The van der Waals surface area contributed by atoms with Gasteiger partial charge >= 0.3 is 0 Å². The number of halogens is 1. The molecule has 0 spiro atoms. The Kier molecular flexibility index (Phi) is 3.12. The topological polar surface area (TPSA) is 35.1 Å². The molecule has 0 fully saturated rings. The lowest BCUT2D eigenvalue weighted by Gasteiger charge is -2.11. The number of nitrogens with zero attached hydrogens (tertiary/aromatic N) is 4. The third-order valence-electron chi connectivity index (χ3n) is 3.97. The van der Waals surface area contributed by atoms with Crippen molar-refractivity contribution in [3.63, 3.8) is 0 Å². The number of aryl methyl sites for hydroxylation is 1. The SMILES string of the molecule is CCn1cc(C2=NCc3c(Cl)cccc3-n3cccc32)cn1. The fraction of sp³-hybridized carbons (Fsp3) is 0.176. The van der Waals surface area contributed by atoms with Gasteiger partial charge in [0, 0.05) is 35.1 Å².